The molecule has 0 radical (unpaired) electrons. The summed E-state index contributed by atoms with van der Waals surface area (Å²) in [6.45, 7) is 4.05. The van der Waals surface area contributed by atoms with E-state index in [0.29, 0.717) is 31.1 Å². The van der Waals surface area contributed by atoms with Gasteiger partial charge >= 0.3 is 0 Å². The zero-order valence-electron chi connectivity index (χ0n) is 11.2. The lowest BCUT2D eigenvalue weighted by Gasteiger charge is -2.09. The number of halogens is 1. The molecule has 0 saturated carbocycles. The molecule has 1 aromatic rings. The third kappa shape index (κ3) is 6.35. The number of aryl methyl sites for hydroxylation is 1. The predicted octanol–water partition coefficient (Wildman–Crippen LogP) is 0.931. The Hall–Kier alpha value is -0.660. The minimum atomic E-state index is -3.40. The van der Waals surface area contributed by atoms with Gasteiger partial charge < -0.3 is 10.1 Å². The van der Waals surface area contributed by atoms with Gasteiger partial charge in [-0.3, -0.25) is 0 Å². The third-order valence-corrected chi connectivity index (χ3v) is 4.08. The van der Waals surface area contributed by atoms with Crippen LogP contribution in [0.15, 0.2) is 29.2 Å². The zero-order chi connectivity index (χ0) is 13.4. The molecular weight excluding hydrogens is 288 g/mol. The molecule has 1 aromatic carbocycles. The molecule has 0 unspecified atom stereocenters. The Morgan fingerprint density at radius 2 is 1.84 bits per heavy atom. The van der Waals surface area contributed by atoms with Gasteiger partial charge in [-0.15, -0.1) is 12.4 Å². The van der Waals surface area contributed by atoms with E-state index in [1.165, 1.54) is 0 Å². The predicted molar refractivity (Wildman–Crippen MR) is 78.4 cm³/mol. The van der Waals surface area contributed by atoms with E-state index in [9.17, 15) is 8.42 Å². The summed E-state index contributed by atoms with van der Waals surface area (Å²) in [6, 6.07) is 6.93. The molecule has 5 nitrogen and oxygen atoms in total. The van der Waals surface area contributed by atoms with Crippen molar-refractivity contribution in [3.63, 3.8) is 0 Å². The minimum absolute atomic E-state index is 0. The van der Waals surface area contributed by atoms with Crippen LogP contribution in [0.4, 0.5) is 0 Å². The number of sulfonamides is 1. The number of benzene rings is 1. The molecule has 0 saturated heterocycles. The normalized spacial score (nSPS) is 11.1. The summed E-state index contributed by atoms with van der Waals surface area (Å²) in [5, 5.41) is 3.07. The van der Waals surface area contributed by atoms with E-state index in [1.807, 2.05) is 6.07 Å². The third-order valence-electron chi connectivity index (χ3n) is 2.46. The van der Waals surface area contributed by atoms with Gasteiger partial charge in [-0.1, -0.05) is 18.2 Å². The van der Waals surface area contributed by atoms with E-state index < -0.39 is 10.0 Å². The molecule has 0 spiro atoms. The maximum atomic E-state index is 12.0. The average molecular weight is 309 g/mol. The van der Waals surface area contributed by atoms with E-state index in [0.717, 1.165) is 5.56 Å². The van der Waals surface area contributed by atoms with Crippen molar-refractivity contribution < 1.29 is 13.2 Å². The zero-order valence-corrected chi connectivity index (χ0v) is 12.8. The van der Waals surface area contributed by atoms with Crippen LogP contribution in [0.1, 0.15) is 5.56 Å². The Labute approximate surface area is 121 Å². The first-order valence-corrected chi connectivity index (χ1v) is 7.31. The second-order valence-corrected chi connectivity index (χ2v) is 5.64. The van der Waals surface area contributed by atoms with Gasteiger partial charge in [0.1, 0.15) is 0 Å². The van der Waals surface area contributed by atoms with Crippen LogP contribution >= 0.6 is 12.4 Å². The molecule has 110 valence electrons. The van der Waals surface area contributed by atoms with Gasteiger partial charge in [0, 0.05) is 26.7 Å². The molecule has 0 heterocycles. The Bertz CT molecular complexity index is 466. The van der Waals surface area contributed by atoms with Crippen LogP contribution < -0.4 is 10.0 Å². The fourth-order valence-electron chi connectivity index (χ4n) is 1.51. The van der Waals surface area contributed by atoms with Crippen LogP contribution in [0, 0.1) is 6.92 Å². The quantitative estimate of drug-likeness (QED) is 0.701. The SMILES string of the molecule is COCCNCCNS(=O)(=O)c1ccccc1C.Cl. The van der Waals surface area contributed by atoms with Crippen LogP contribution in [-0.2, 0) is 14.8 Å². The fourth-order valence-corrected chi connectivity index (χ4v) is 2.78. The minimum Gasteiger partial charge on any atom is -0.383 e. The molecule has 7 heteroatoms. The highest BCUT2D eigenvalue weighted by Crippen LogP contribution is 2.13. The number of nitrogens with one attached hydrogen (secondary N) is 2. The Balaban J connectivity index is 0.00000324. The van der Waals surface area contributed by atoms with Crippen LogP contribution in [0.25, 0.3) is 0 Å². The first kappa shape index (κ1) is 18.3. The molecule has 0 aliphatic rings. The topological polar surface area (TPSA) is 67.4 Å². The van der Waals surface area contributed by atoms with Gasteiger partial charge in [0.05, 0.1) is 11.5 Å². The Morgan fingerprint density at radius 1 is 1.16 bits per heavy atom. The van der Waals surface area contributed by atoms with Crippen molar-refractivity contribution in [3.8, 4) is 0 Å². The van der Waals surface area contributed by atoms with E-state index in [2.05, 4.69) is 10.0 Å². The highest BCUT2D eigenvalue weighted by Gasteiger charge is 2.14. The van der Waals surface area contributed by atoms with E-state index in [1.54, 1.807) is 32.2 Å². The molecular formula is C12H21ClN2O3S. The van der Waals surface area contributed by atoms with Crippen molar-refractivity contribution in [1.29, 1.82) is 0 Å². The lowest BCUT2D eigenvalue weighted by molar-refractivity contribution is 0.199. The smallest absolute Gasteiger partial charge is 0.240 e. The summed E-state index contributed by atoms with van der Waals surface area (Å²) >= 11 is 0. The van der Waals surface area contributed by atoms with Gasteiger partial charge in [0.2, 0.25) is 10.0 Å². The molecule has 0 aliphatic carbocycles. The number of hydrogen-bond donors (Lipinski definition) is 2. The first-order valence-electron chi connectivity index (χ1n) is 5.83. The average Bonchev–Trinajstić information content (AvgIpc) is 2.34. The van der Waals surface area contributed by atoms with Crippen molar-refractivity contribution in [2.24, 2.45) is 0 Å². The highest BCUT2D eigenvalue weighted by molar-refractivity contribution is 7.89. The fraction of sp³-hybridized carbons (Fsp3) is 0.500. The number of methoxy groups -OCH3 is 1. The molecule has 0 amide bonds. The van der Waals surface area contributed by atoms with Crippen molar-refractivity contribution >= 4 is 22.4 Å². The molecule has 0 atom stereocenters. The summed E-state index contributed by atoms with van der Waals surface area (Å²) in [5.74, 6) is 0. The molecule has 0 aliphatic heterocycles. The van der Waals surface area contributed by atoms with Crippen molar-refractivity contribution in [2.45, 2.75) is 11.8 Å². The molecule has 1 rings (SSSR count). The number of rotatable bonds is 8. The highest BCUT2D eigenvalue weighted by atomic mass is 35.5. The Kier molecular flexibility index (Phi) is 8.95. The lowest BCUT2D eigenvalue weighted by Crippen LogP contribution is -2.33. The summed E-state index contributed by atoms with van der Waals surface area (Å²) in [4.78, 5) is 0.335. The largest absolute Gasteiger partial charge is 0.383 e. The summed E-state index contributed by atoms with van der Waals surface area (Å²) in [5.41, 5.74) is 0.748. The van der Waals surface area contributed by atoms with Gasteiger partial charge in [0.25, 0.3) is 0 Å². The van der Waals surface area contributed by atoms with Crippen molar-refractivity contribution in [2.75, 3.05) is 33.4 Å². The summed E-state index contributed by atoms with van der Waals surface area (Å²) < 4.78 is 31.4. The first-order chi connectivity index (χ1) is 8.58. The van der Waals surface area contributed by atoms with Crippen LogP contribution in [0.2, 0.25) is 0 Å². The summed E-state index contributed by atoms with van der Waals surface area (Å²) in [6.07, 6.45) is 0. The van der Waals surface area contributed by atoms with Crippen LogP contribution in [0.5, 0.6) is 0 Å². The van der Waals surface area contributed by atoms with E-state index >= 15 is 0 Å². The van der Waals surface area contributed by atoms with E-state index in [4.69, 9.17) is 4.74 Å². The lowest BCUT2D eigenvalue weighted by atomic mass is 10.2. The summed E-state index contributed by atoms with van der Waals surface area (Å²) in [7, 11) is -1.78. The number of ether oxygens (including phenoxy) is 1. The maximum Gasteiger partial charge on any atom is 0.240 e. The maximum absolute atomic E-state index is 12.0. The second-order valence-electron chi connectivity index (χ2n) is 3.91. The molecule has 2 N–H and O–H groups in total. The van der Waals surface area contributed by atoms with Gasteiger partial charge in [0.15, 0.2) is 0 Å². The Morgan fingerprint density at radius 3 is 2.47 bits per heavy atom. The monoisotopic (exact) mass is 308 g/mol. The second kappa shape index (κ2) is 9.28. The number of hydrogen-bond acceptors (Lipinski definition) is 4. The molecule has 0 fully saturated rings. The molecule has 0 aromatic heterocycles. The van der Waals surface area contributed by atoms with Crippen molar-refractivity contribution in [3.05, 3.63) is 29.8 Å². The van der Waals surface area contributed by atoms with Gasteiger partial charge in [-0.05, 0) is 18.6 Å². The van der Waals surface area contributed by atoms with Crippen molar-refractivity contribution in [1.82, 2.24) is 10.0 Å². The van der Waals surface area contributed by atoms with Gasteiger partial charge in [-0.2, -0.15) is 0 Å². The molecule has 0 bridgehead atoms. The van der Waals surface area contributed by atoms with Gasteiger partial charge in [-0.25, -0.2) is 13.1 Å². The van der Waals surface area contributed by atoms with E-state index in [-0.39, 0.29) is 12.4 Å². The van der Waals surface area contributed by atoms with Crippen LogP contribution in [0.3, 0.4) is 0 Å². The standard InChI is InChI=1S/C12H20N2O3S.ClH/c1-11-5-3-4-6-12(11)18(15,16)14-8-7-13-9-10-17-2;/h3-6,13-14H,7-10H2,1-2H3;1H. The molecule has 19 heavy (non-hydrogen) atoms. The van der Waals surface area contributed by atoms with Crippen LogP contribution in [-0.4, -0.2) is 41.8 Å².